The van der Waals surface area contributed by atoms with E-state index in [-0.39, 0.29) is 36.6 Å². The van der Waals surface area contributed by atoms with Gasteiger partial charge in [-0.3, -0.25) is 14.5 Å². The van der Waals surface area contributed by atoms with Crippen LogP contribution in [0.5, 0.6) is 0 Å². The molecule has 102 valence electrons. The molecule has 0 aromatic heterocycles. The molecule has 0 unspecified atom stereocenters. The predicted octanol–water partition coefficient (Wildman–Crippen LogP) is 2.76. The average Bonchev–Trinajstić information content (AvgIpc) is 2.60. The van der Waals surface area contributed by atoms with Crippen LogP contribution in [0.1, 0.15) is 5.56 Å². The molecule has 2 amide bonds. The molecule has 7 heteroatoms. The molecule has 19 heavy (non-hydrogen) atoms. The van der Waals surface area contributed by atoms with E-state index >= 15 is 0 Å². The van der Waals surface area contributed by atoms with Crippen molar-refractivity contribution in [2.24, 2.45) is 5.73 Å². The Bertz CT molecular complexity index is 517. The van der Waals surface area contributed by atoms with Crippen molar-refractivity contribution in [2.75, 3.05) is 13.1 Å². The molecule has 2 rings (SSSR count). The summed E-state index contributed by atoms with van der Waals surface area (Å²) in [6, 6.07) is 7.05. The van der Waals surface area contributed by atoms with E-state index in [0.717, 1.165) is 22.2 Å². The van der Waals surface area contributed by atoms with Crippen molar-refractivity contribution in [3.05, 3.63) is 39.8 Å². The van der Waals surface area contributed by atoms with Gasteiger partial charge in [0.15, 0.2) is 0 Å². The van der Waals surface area contributed by atoms with Crippen molar-refractivity contribution in [1.29, 1.82) is 0 Å². The van der Waals surface area contributed by atoms with E-state index in [1.807, 2.05) is 0 Å². The van der Waals surface area contributed by atoms with Gasteiger partial charge < -0.3 is 5.73 Å². The van der Waals surface area contributed by atoms with E-state index in [9.17, 15) is 9.59 Å². The van der Waals surface area contributed by atoms with E-state index in [1.54, 1.807) is 30.3 Å². The Hall–Kier alpha value is -1.01. The lowest BCUT2D eigenvalue weighted by molar-refractivity contribution is -0.122. The molecule has 1 aliphatic rings. The summed E-state index contributed by atoms with van der Waals surface area (Å²) >= 11 is 6.71. The van der Waals surface area contributed by atoms with Crippen molar-refractivity contribution in [3.8, 4) is 0 Å². The molecule has 1 aromatic carbocycles. The Balaban J connectivity index is 0.00000180. The lowest BCUT2D eigenvalue weighted by Crippen LogP contribution is -2.33. The quantitative estimate of drug-likeness (QED) is 0.870. The summed E-state index contributed by atoms with van der Waals surface area (Å²) in [5.74, 6) is -0.287. The van der Waals surface area contributed by atoms with Gasteiger partial charge in [0, 0.05) is 18.1 Å². The number of nitrogens with zero attached hydrogens (tertiary/aromatic N) is 1. The number of hydrogen-bond acceptors (Lipinski definition) is 4. The number of amides is 2. The van der Waals surface area contributed by atoms with Crippen LogP contribution in [-0.4, -0.2) is 29.1 Å². The third kappa shape index (κ3) is 3.73. The minimum atomic E-state index is -0.287. The maximum absolute atomic E-state index is 11.9. The van der Waals surface area contributed by atoms with Crippen molar-refractivity contribution in [3.63, 3.8) is 0 Å². The first-order valence-corrected chi connectivity index (χ1v) is 6.52. The molecule has 0 saturated carbocycles. The summed E-state index contributed by atoms with van der Waals surface area (Å²) in [5.41, 5.74) is 6.19. The van der Waals surface area contributed by atoms with Gasteiger partial charge in [-0.25, -0.2) is 0 Å². The van der Waals surface area contributed by atoms with Gasteiger partial charge in [-0.15, -0.1) is 12.4 Å². The highest BCUT2D eigenvalue weighted by Gasteiger charge is 2.34. The fourth-order valence-electron chi connectivity index (χ4n) is 1.53. The van der Waals surface area contributed by atoms with Gasteiger partial charge in [0.2, 0.25) is 0 Å². The zero-order chi connectivity index (χ0) is 13.1. The zero-order valence-corrected chi connectivity index (χ0v) is 12.2. The lowest BCUT2D eigenvalue weighted by atomic mass is 10.2. The molecule has 4 nitrogen and oxygen atoms in total. The molecule has 0 spiro atoms. The summed E-state index contributed by atoms with van der Waals surface area (Å²) in [7, 11) is 0. The largest absolute Gasteiger partial charge is 0.329 e. The molecule has 1 fully saturated rings. The van der Waals surface area contributed by atoms with Crippen LogP contribution in [0.3, 0.4) is 0 Å². The highest BCUT2D eigenvalue weighted by atomic mass is 35.5. The summed E-state index contributed by atoms with van der Waals surface area (Å²) in [6.07, 6.45) is 1.68. The molecule has 0 radical (unpaired) electrons. The minimum Gasteiger partial charge on any atom is -0.329 e. The number of halogens is 2. The summed E-state index contributed by atoms with van der Waals surface area (Å²) in [6.45, 7) is 0.523. The maximum atomic E-state index is 11.9. The van der Waals surface area contributed by atoms with Crippen molar-refractivity contribution in [1.82, 2.24) is 4.90 Å². The standard InChI is InChI=1S/C12H11ClN2O2S.ClH/c13-9-3-1-8(2-4-9)7-10-11(16)15(6-5-14)12(17)18-10;/h1-4,7H,5-6,14H2;1H. The Kier molecular flexibility index (Phi) is 5.87. The molecular formula is C12H12Cl2N2O2S. The molecule has 1 aliphatic heterocycles. The Labute approximate surface area is 126 Å². The van der Waals surface area contributed by atoms with Gasteiger partial charge in [-0.1, -0.05) is 23.7 Å². The molecule has 1 aromatic rings. The monoisotopic (exact) mass is 318 g/mol. The third-order valence-electron chi connectivity index (χ3n) is 2.39. The fourth-order valence-corrected chi connectivity index (χ4v) is 2.52. The number of benzene rings is 1. The van der Waals surface area contributed by atoms with E-state index < -0.39 is 0 Å². The van der Waals surface area contributed by atoms with Gasteiger partial charge in [-0.05, 0) is 35.5 Å². The first-order valence-electron chi connectivity index (χ1n) is 5.33. The molecular weight excluding hydrogens is 307 g/mol. The summed E-state index contributed by atoms with van der Waals surface area (Å²) in [5, 5.41) is 0.356. The second-order valence-corrected chi connectivity index (χ2v) is 5.10. The second kappa shape index (κ2) is 6.96. The van der Waals surface area contributed by atoms with Gasteiger partial charge in [0.25, 0.3) is 11.1 Å². The highest BCUT2D eigenvalue weighted by Crippen LogP contribution is 2.31. The molecule has 1 saturated heterocycles. The van der Waals surface area contributed by atoms with Gasteiger partial charge in [0.05, 0.1) is 4.91 Å². The molecule has 2 N–H and O–H groups in total. The normalized spacial score (nSPS) is 16.9. The zero-order valence-electron chi connectivity index (χ0n) is 9.84. The van der Waals surface area contributed by atoms with Crippen LogP contribution in [0.25, 0.3) is 6.08 Å². The first kappa shape index (κ1) is 16.0. The minimum absolute atomic E-state index is 0. The fraction of sp³-hybridized carbons (Fsp3) is 0.167. The van der Waals surface area contributed by atoms with E-state index in [4.69, 9.17) is 17.3 Å². The number of carbonyl (C=O) groups is 2. The SMILES string of the molecule is Cl.NCCN1C(=O)SC(=Cc2ccc(Cl)cc2)C1=O. The average molecular weight is 319 g/mol. The molecule has 0 bridgehead atoms. The number of thioether (sulfide) groups is 1. The Morgan fingerprint density at radius 3 is 2.47 bits per heavy atom. The van der Waals surface area contributed by atoms with Crippen LogP contribution >= 0.6 is 35.8 Å². The van der Waals surface area contributed by atoms with Gasteiger partial charge >= 0.3 is 0 Å². The van der Waals surface area contributed by atoms with E-state index in [1.165, 1.54) is 0 Å². The number of carbonyl (C=O) groups excluding carboxylic acids is 2. The lowest BCUT2D eigenvalue weighted by Gasteiger charge is -2.09. The Morgan fingerprint density at radius 1 is 1.26 bits per heavy atom. The predicted molar refractivity (Wildman–Crippen MR) is 80.4 cm³/mol. The van der Waals surface area contributed by atoms with E-state index in [0.29, 0.717) is 9.93 Å². The van der Waals surface area contributed by atoms with Gasteiger partial charge in [0.1, 0.15) is 0 Å². The second-order valence-electron chi connectivity index (χ2n) is 3.67. The van der Waals surface area contributed by atoms with Crippen molar-refractivity contribution >= 4 is 53.0 Å². The number of rotatable bonds is 3. The number of hydrogen-bond donors (Lipinski definition) is 1. The van der Waals surface area contributed by atoms with Crippen LogP contribution < -0.4 is 5.73 Å². The summed E-state index contributed by atoms with van der Waals surface area (Å²) in [4.78, 5) is 25.1. The van der Waals surface area contributed by atoms with Crippen LogP contribution in [-0.2, 0) is 4.79 Å². The maximum Gasteiger partial charge on any atom is 0.293 e. The van der Waals surface area contributed by atoms with Crippen molar-refractivity contribution in [2.45, 2.75) is 0 Å². The Morgan fingerprint density at radius 2 is 1.89 bits per heavy atom. The van der Waals surface area contributed by atoms with Crippen molar-refractivity contribution < 1.29 is 9.59 Å². The number of imide groups is 1. The molecule has 0 atom stereocenters. The van der Waals surface area contributed by atoms with Crippen LogP contribution in [0, 0.1) is 0 Å². The highest BCUT2D eigenvalue weighted by molar-refractivity contribution is 8.18. The van der Waals surface area contributed by atoms with Crippen LogP contribution in [0.15, 0.2) is 29.2 Å². The smallest absolute Gasteiger partial charge is 0.293 e. The molecule has 0 aliphatic carbocycles. The molecule has 1 heterocycles. The van der Waals surface area contributed by atoms with Crippen LogP contribution in [0.2, 0.25) is 5.02 Å². The number of nitrogens with two attached hydrogens (primary N) is 1. The van der Waals surface area contributed by atoms with Crippen LogP contribution in [0.4, 0.5) is 4.79 Å². The summed E-state index contributed by atoms with van der Waals surface area (Å²) < 4.78 is 0. The van der Waals surface area contributed by atoms with E-state index in [2.05, 4.69) is 0 Å². The first-order chi connectivity index (χ1) is 8.61. The third-order valence-corrected chi connectivity index (χ3v) is 3.55. The van der Waals surface area contributed by atoms with Gasteiger partial charge in [-0.2, -0.15) is 0 Å². The topological polar surface area (TPSA) is 63.4 Å².